The molecular formula is C16H20BrN3O2S. The fourth-order valence-corrected chi connectivity index (χ4v) is 4.47. The quantitative estimate of drug-likeness (QED) is 0.723. The monoisotopic (exact) mass is 397 g/mol. The van der Waals surface area contributed by atoms with Crippen molar-refractivity contribution < 1.29 is 9.59 Å². The highest BCUT2D eigenvalue weighted by atomic mass is 79.9. The molecule has 124 valence electrons. The van der Waals surface area contributed by atoms with Crippen molar-refractivity contribution >= 4 is 39.1 Å². The lowest BCUT2D eigenvalue weighted by molar-refractivity contribution is -0.126. The zero-order valence-corrected chi connectivity index (χ0v) is 15.2. The molecule has 5 nitrogen and oxygen atoms in total. The van der Waals surface area contributed by atoms with Crippen molar-refractivity contribution in [2.75, 3.05) is 13.1 Å². The maximum Gasteiger partial charge on any atom is 0.262 e. The summed E-state index contributed by atoms with van der Waals surface area (Å²) in [6.07, 6.45) is 5.46. The molecule has 7 heteroatoms. The van der Waals surface area contributed by atoms with Gasteiger partial charge in [-0.2, -0.15) is 5.26 Å². The molecule has 2 N–H and O–H groups in total. The van der Waals surface area contributed by atoms with Crippen molar-refractivity contribution in [1.82, 2.24) is 10.6 Å². The minimum atomic E-state index is -0.272. The van der Waals surface area contributed by atoms with Gasteiger partial charge in [0.25, 0.3) is 5.91 Å². The number of nitrogens with one attached hydrogen (secondary N) is 2. The van der Waals surface area contributed by atoms with E-state index in [1.54, 1.807) is 0 Å². The van der Waals surface area contributed by atoms with Gasteiger partial charge in [-0.15, -0.1) is 11.3 Å². The van der Waals surface area contributed by atoms with Crippen LogP contribution in [0.15, 0.2) is 15.9 Å². The fourth-order valence-electron chi connectivity index (χ4n) is 3.01. The van der Waals surface area contributed by atoms with Gasteiger partial charge >= 0.3 is 0 Å². The number of nitriles is 1. The molecule has 0 saturated heterocycles. The zero-order valence-electron chi connectivity index (χ0n) is 12.8. The third-order valence-corrected chi connectivity index (χ3v) is 6.04. The Bertz CT molecular complexity index is 590. The van der Waals surface area contributed by atoms with E-state index in [-0.39, 0.29) is 30.2 Å². The minimum absolute atomic E-state index is 0.00642. The predicted molar refractivity (Wildman–Crippen MR) is 93.0 cm³/mol. The summed E-state index contributed by atoms with van der Waals surface area (Å²) in [6, 6.07) is 3.76. The Hall–Kier alpha value is -1.39. The average Bonchev–Trinajstić information content (AvgIpc) is 3.00. The second-order valence-corrected chi connectivity index (χ2v) is 7.46. The van der Waals surface area contributed by atoms with Gasteiger partial charge in [0.05, 0.1) is 12.0 Å². The Morgan fingerprint density at radius 1 is 1.35 bits per heavy atom. The van der Waals surface area contributed by atoms with Gasteiger partial charge in [0.1, 0.15) is 11.4 Å². The van der Waals surface area contributed by atoms with Crippen LogP contribution in [-0.2, 0) is 4.79 Å². The number of hydrogen-bond donors (Lipinski definition) is 2. The van der Waals surface area contributed by atoms with Gasteiger partial charge in [-0.25, -0.2) is 0 Å². The molecule has 1 fully saturated rings. The first-order valence-corrected chi connectivity index (χ1v) is 9.46. The maximum atomic E-state index is 12.3. The van der Waals surface area contributed by atoms with Crippen molar-refractivity contribution in [3.63, 3.8) is 0 Å². The van der Waals surface area contributed by atoms with E-state index >= 15 is 0 Å². The Balaban J connectivity index is 1.99. The Morgan fingerprint density at radius 3 is 2.70 bits per heavy atom. The van der Waals surface area contributed by atoms with Crippen LogP contribution >= 0.6 is 27.3 Å². The molecule has 23 heavy (non-hydrogen) atoms. The van der Waals surface area contributed by atoms with Crippen LogP contribution in [0.3, 0.4) is 0 Å². The Morgan fingerprint density at radius 2 is 2.09 bits per heavy atom. The lowest BCUT2D eigenvalue weighted by Crippen LogP contribution is -2.43. The Kier molecular flexibility index (Phi) is 7.06. The summed E-state index contributed by atoms with van der Waals surface area (Å²) in [5.74, 6) is -0.300. The molecule has 0 bridgehead atoms. The SMILES string of the molecule is N#CCNC(=O)C(CNC(=O)c1sccc1Br)C1CCCCC1. The molecule has 1 aromatic rings. The zero-order chi connectivity index (χ0) is 16.7. The van der Waals surface area contributed by atoms with Crippen molar-refractivity contribution in [1.29, 1.82) is 5.26 Å². The topological polar surface area (TPSA) is 82.0 Å². The number of carbonyl (C=O) groups is 2. The highest BCUT2D eigenvalue weighted by Crippen LogP contribution is 2.30. The highest BCUT2D eigenvalue weighted by molar-refractivity contribution is 9.10. The van der Waals surface area contributed by atoms with Crippen LogP contribution in [-0.4, -0.2) is 24.9 Å². The smallest absolute Gasteiger partial charge is 0.262 e. The lowest BCUT2D eigenvalue weighted by atomic mass is 9.79. The first-order chi connectivity index (χ1) is 11.1. The molecule has 0 aromatic carbocycles. The van der Waals surface area contributed by atoms with E-state index in [1.807, 2.05) is 17.5 Å². The van der Waals surface area contributed by atoms with E-state index in [4.69, 9.17) is 5.26 Å². The summed E-state index contributed by atoms with van der Waals surface area (Å²) in [6.45, 7) is 0.317. The van der Waals surface area contributed by atoms with E-state index < -0.39 is 0 Å². The van der Waals surface area contributed by atoms with Crippen LogP contribution in [0.25, 0.3) is 0 Å². The molecule has 2 rings (SSSR count). The van der Waals surface area contributed by atoms with Gasteiger partial charge in [0.15, 0.2) is 0 Å². The third kappa shape index (κ3) is 5.05. The van der Waals surface area contributed by atoms with Crippen LogP contribution < -0.4 is 10.6 Å². The van der Waals surface area contributed by atoms with Crippen LogP contribution in [0.4, 0.5) is 0 Å². The van der Waals surface area contributed by atoms with Crippen molar-refractivity contribution in [3.05, 3.63) is 20.8 Å². The highest BCUT2D eigenvalue weighted by Gasteiger charge is 2.30. The van der Waals surface area contributed by atoms with Crippen molar-refractivity contribution in [2.45, 2.75) is 32.1 Å². The summed E-state index contributed by atoms with van der Waals surface area (Å²) in [4.78, 5) is 25.2. The van der Waals surface area contributed by atoms with Gasteiger partial charge in [-0.1, -0.05) is 19.3 Å². The number of rotatable bonds is 6. The fraction of sp³-hybridized carbons (Fsp3) is 0.562. The van der Waals surface area contributed by atoms with Gasteiger partial charge in [0.2, 0.25) is 5.91 Å². The van der Waals surface area contributed by atoms with Crippen molar-refractivity contribution in [3.8, 4) is 6.07 Å². The number of halogens is 1. The summed E-state index contributed by atoms with van der Waals surface area (Å²) in [7, 11) is 0. The second-order valence-electron chi connectivity index (χ2n) is 5.69. The number of amides is 2. The number of nitrogens with zero attached hydrogens (tertiary/aromatic N) is 1. The normalized spacial score (nSPS) is 16.3. The van der Waals surface area contributed by atoms with E-state index in [1.165, 1.54) is 17.8 Å². The molecule has 1 aromatic heterocycles. The first kappa shape index (κ1) is 18.0. The molecule has 0 radical (unpaired) electrons. The largest absolute Gasteiger partial charge is 0.350 e. The first-order valence-electron chi connectivity index (χ1n) is 7.79. The number of carbonyl (C=O) groups excluding carboxylic acids is 2. The van der Waals surface area contributed by atoms with Gasteiger partial charge in [-0.05, 0) is 46.1 Å². The average molecular weight is 398 g/mol. The van der Waals surface area contributed by atoms with Crippen LogP contribution in [0, 0.1) is 23.2 Å². The number of thiophene rings is 1. The third-order valence-electron chi connectivity index (χ3n) is 4.20. The van der Waals surface area contributed by atoms with Crippen LogP contribution in [0.1, 0.15) is 41.8 Å². The van der Waals surface area contributed by atoms with Crippen LogP contribution in [0.2, 0.25) is 0 Å². The summed E-state index contributed by atoms with van der Waals surface area (Å²) in [5.41, 5.74) is 0. The molecule has 1 aliphatic rings. The standard InChI is InChI=1S/C16H20BrN3O2S/c17-13-6-9-23-14(13)16(22)20-10-12(15(21)19-8-7-18)11-4-2-1-3-5-11/h6,9,11-12H,1-5,8,10H2,(H,19,21)(H,20,22). The molecule has 1 saturated carbocycles. The summed E-state index contributed by atoms with van der Waals surface area (Å²) >= 11 is 4.71. The predicted octanol–water partition coefficient (Wildman–Crippen LogP) is 3.08. The molecule has 1 atom stereocenters. The van der Waals surface area contributed by atoms with Gasteiger partial charge in [-0.3, -0.25) is 9.59 Å². The van der Waals surface area contributed by atoms with Crippen molar-refractivity contribution in [2.24, 2.45) is 11.8 Å². The van der Waals surface area contributed by atoms with Crippen LogP contribution in [0.5, 0.6) is 0 Å². The summed E-state index contributed by atoms with van der Waals surface area (Å²) in [5, 5.41) is 16.0. The van der Waals surface area contributed by atoms with Gasteiger partial charge < -0.3 is 10.6 Å². The van der Waals surface area contributed by atoms with Gasteiger partial charge in [0, 0.05) is 11.0 Å². The van der Waals surface area contributed by atoms with E-state index in [9.17, 15) is 9.59 Å². The van der Waals surface area contributed by atoms with E-state index in [0.29, 0.717) is 11.4 Å². The molecule has 0 aliphatic heterocycles. The maximum absolute atomic E-state index is 12.3. The van der Waals surface area contributed by atoms with E-state index in [2.05, 4.69) is 26.6 Å². The second kappa shape index (κ2) is 9.04. The lowest BCUT2D eigenvalue weighted by Gasteiger charge is -2.29. The molecule has 1 aliphatic carbocycles. The molecule has 1 unspecified atom stereocenters. The molecular weight excluding hydrogens is 378 g/mol. The molecule has 0 spiro atoms. The summed E-state index contributed by atoms with van der Waals surface area (Å²) < 4.78 is 0.767. The molecule has 1 heterocycles. The molecule has 2 amide bonds. The number of hydrogen-bond acceptors (Lipinski definition) is 4. The minimum Gasteiger partial charge on any atom is -0.350 e. The van der Waals surface area contributed by atoms with E-state index in [0.717, 1.165) is 30.2 Å². The Labute approximate surface area is 148 Å².